The Morgan fingerprint density at radius 1 is 0.655 bits per heavy atom. The Hall–Kier alpha value is -2.98. The second-order valence-corrected chi connectivity index (χ2v) is 10.4. The van der Waals surface area contributed by atoms with Gasteiger partial charge in [-0.3, -0.25) is 0 Å². The van der Waals surface area contributed by atoms with Gasteiger partial charge >= 0.3 is 0 Å². The third kappa shape index (κ3) is 1.79. The topological polar surface area (TPSA) is 47.0 Å². The summed E-state index contributed by atoms with van der Waals surface area (Å²) in [5.74, 6) is -0.182. The third-order valence-electron chi connectivity index (χ3n) is 7.12. The number of sulfone groups is 1. The molecule has 3 nitrogen and oxygen atoms in total. The number of fused-ring (bicyclic) bond motifs is 2. The van der Waals surface area contributed by atoms with Crippen LogP contribution < -0.4 is 0 Å². The fourth-order valence-corrected chi connectivity index (χ4v) is 8.46. The fourth-order valence-electron chi connectivity index (χ4n) is 6.12. The average molecular weight is 395 g/mol. The minimum absolute atomic E-state index is 0.0426. The predicted octanol–water partition coefficient (Wildman–Crippen LogP) is 4.77. The molecule has 140 valence electrons. The van der Waals surface area contributed by atoms with Gasteiger partial charge in [0.2, 0.25) is 0 Å². The summed E-state index contributed by atoms with van der Waals surface area (Å²) in [6.45, 7) is 0. The van der Waals surface area contributed by atoms with E-state index in [2.05, 4.69) is 53.5 Å². The molecule has 4 aliphatic rings. The van der Waals surface area contributed by atoms with Crippen LogP contribution >= 0.6 is 0 Å². The molecular weight excluding hydrogens is 378 g/mol. The zero-order valence-electron chi connectivity index (χ0n) is 15.5. The van der Waals surface area contributed by atoms with Crippen LogP contribution in [0.3, 0.4) is 0 Å². The molecule has 4 heteroatoms. The molecule has 0 saturated carbocycles. The number of rotatable bonds is 0. The van der Waals surface area contributed by atoms with Crippen molar-refractivity contribution in [3.8, 4) is 0 Å². The molecule has 0 fully saturated rings. The number of hydrogen-bond acceptors (Lipinski definition) is 3. The molecule has 0 spiro atoms. The molecule has 2 bridgehead atoms. The molecule has 3 aliphatic carbocycles. The van der Waals surface area contributed by atoms with E-state index in [9.17, 15) is 8.42 Å². The van der Waals surface area contributed by atoms with E-state index in [0.717, 1.165) is 11.1 Å². The van der Waals surface area contributed by atoms with Gasteiger partial charge in [0, 0.05) is 24.0 Å². The van der Waals surface area contributed by atoms with Gasteiger partial charge in [-0.05, 0) is 44.7 Å². The molecule has 29 heavy (non-hydrogen) atoms. The van der Waals surface area contributed by atoms with E-state index in [1.165, 1.54) is 27.5 Å². The van der Waals surface area contributed by atoms with Gasteiger partial charge in [0.1, 0.15) is 0 Å². The molecule has 0 saturated heterocycles. The lowest BCUT2D eigenvalue weighted by Crippen LogP contribution is -2.42. The smallest absolute Gasteiger partial charge is 0.200 e. The zero-order chi connectivity index (χ0) is 19.3. The Kier molecular flexibility index (Phi) is 2.81. The normalized spacial score (nSPS) is 27.2. The van der Waals surface area contributed by atoms with Crippen molar-refractivity contribution in [3.63, 3.8) is 0 Å². The largest absolute Gasteiger partial charge is 0.244 e. The van der Waals surface area contributed by atoms with Crippen molar-refractivity contribution in [2.45, 2.75) is 28.0 Å². The molecule has 0 radical (unpaired) electrons. The summed E-state index contributed by atoms with van der Waals surface area (Å²) in [5, 5.41) is 2.19. The van der Waals surface area contributed by atoms with Crippen molar-refractivity contribution in [2.75, 3.05) is 0 Å². The summed E-state index contributed by atoms with van der Waals surface area (Å²) in [7, 11) is -3.49. The molecule has 0 amide bonds. The minimum Gasteiger partial charge on any atom is -0.244 e. The molecule has 4 atom stereocenters. The van der Waals surface area contributed by atoms with Gasteiger partial charge < -0.3 is 0 Å². The van der Waals surface area contributed by atoms with Gasteiger partial charge in [0.15, 0.2) is 14.9 Å². The first-order valence-electron chi connectivity index (χ1n) is 9.96. The van der Waals surface area contributed by atoms with Crippen LogP contribution in [-0.4, -0.2) is 18.7 Å². The quantitative estimate of drug-likeness (QED) is 0.431. The molecule has 0 N–H and O–H groups in total. The Bertz CT molecular complexity index is 1460. The van der Waals surface area contributed by atoms with E-state index in [-0.39, 0.29) is 22.8 Å². The van der Waals surface area contributed by atoms with Crippen molar-refractivity contribution < 1.29 is 8.42 Å². The first kappa shape index (κ1) is 15.9. The Balaban J connectivity index is 1.63. The highest BCUT2D eigenvalue weighted by Crippen LogP contribution is 2.64. The number of hydrogen-bond donors (Lipinski definition) is 0. The Morgan fingerprint density at radius 2 is 1.24 bits per heavy atom. The van der Waals surface area contributed by atoms with Gasteiger partial charge in [0.25, 0.3) is 0 Å². The second-order valence-electron chi connectivity index (χ2n) is 8.35. The lowest BCUT2D eigenvalue weighted by molar-refractivity contribution is 0.452. The van der Waals surface area contributed by atoms with Crippen LogP contribution in [0.15, 0.2) is 84.0 Å². The van der Waals surface area contributed by atoms with Gasteiger partial charge in [-0.15, -0.1) is 0 Å². The molecule has 1 aliphatic heterocycles. The van der Waals surface area contributed by atoms with Crippen LogP contribution in [0.5, 0.6) is 0 Å². The van der Waals surface area contributed by atoms with E-state index in [1.807, 2.05) is 24.3 Å². The van der Waals surface area contributed by atoms with E-state index in [1.54, 1.807) is 6.20 Å². The average Bonchev–Trinajstić information content (AvgIpc) is 3.00. The van der Waals surface area contributed by atoms with E-state index in [4.69, 9.17) is 0 Å². The molecular formula is C25H17NO2S. The zero-order valence-corrected chi connectivity index (χ0v) is 16.3. The van der Waals surface area contributed by atoms with Crippen LogP contribution in [0.1, 0.15) is 45.6 Å². The highest BCUT2D eigenvalue weighted by Gasteiger charge is 2.60. The Morgan fingerprint density at radius 3 is 1.97 bits per heavy atom. The van der Waals surface area contributed by atoms with Gasteiger partial charge in [-0.1, -0.05) is 66.7 Å². The van der Waals surface area contributed by atoms with E-state index < -0.39 is 15.1 Å². The summed E-state index contributed by atoms with van der Waals surface area (Å²) in [4.78, 5) is 4.33. The van der Waals surface area contributed by atoms with Gasteiger partial charge in [-0.25, -0.2) is 13.4 Å². The fraction of sp³-hybridized carbons (Fsp3) is 0.160. The van der Waals surface area contributed by atoms with Crippen molar-refractivity contribution in [3.05, 3.63) is 107 Å². The lowest BCUT2D eigenvalue weighted by atomic mass is 9.57. The third-order valence-corrected chi connectivity index (χ3v) is 9.28. The minimum atomic E-state index is -3.49. The van der Waals surface area contributed by atoms with E-state index in [0.29, 0.717) is 0 Å². The first-order chi connectivity index (χ1) is 14.2. The summed E-state index contributed by atoms with van der Waals surface area (Å²) in [5.41, 5.74) is 5.78. The summed E-state index contributed by atoms with van der Waals surface area (Å²) in [6.07, 6.45) is 1.60. The first-order valence-corrected chi connectivity index (χ1v) is 11.5. The molecule has 3 aromatic carbocycles. The second kappa shape index (κ2) is 5.14. The highest BCUT2D eigenvalue weighted by atomic mass is 32.2. The van der Waals surface area contributed by atoms with E-state index >= 15 is 0 Å². The summed E-state index contributed by atoms with van der Waals surface area (Å²) >= 11 is 0. The van der Waals surface area contributed by atoms with Gasteiger partial charge in [-0.2, -0.15) is 0 Å². The maximum atomic E-state index is 13.6. The number of benzene rings is 3. The van der Waals surface area contributed by atoms with Crippen LogP contribution in [0.25, 0.3) is 10.8 Å². The van der Waals surface area contributed by atoms with Crippen LogP contribution in [0, 0.1) is 0 Å². The van der Waals surface area contributed by atoms with Gasteiger partial charge in [0.05, 0.1) is 5.25 Å². The van der Waals surface area contributed by atoms with Crippen LogP contribution in [0.2, 0.25) is 0 Å². The molecule has 4 aromatic rings. The predicted molar refractivity (Wildman–Crippen MR) is 112 cm³/mol. The summed E-state index contributed by atoms with van der Waals surface area (Å²) < 4.78 is 27.3. The molecule has 1 aromatic heterocycles. The van der Waals surface area contributed by atoms with Crippen molar-refractivity contribution in [1.29, 1.82) is 0 Å². The standard InChI is InChI=1S/C25H17NO2S/c27-29(28)24-22-17-9-4-3-8-16(17)21(23(24)18-10-5-11-26-25(18)29)19-12-14-6-1-2-7-15(14)13-20(19)22/h1-13,21-24H. The Labute approximate surface area is 169 Å². The SMILES string of the molecule is O=S1(=O)c2ncccc2C2C3c4ccccc4C(c4cc5ccccc5cc43)C21. The van der Waals surface area contributed by atoms with Crippen molar-refractivity contribution in [1.82, 2.24) is 4.98 Å². The maximum absolute atomic E-state index is 13.6. The molecule has 4 unspecified atom stereocenters. The number of aromatic nitrogens is 1. The van der Waals surface area contributed by atoms with Crippen LogP contribution in [-0.2, 0) is 9.84 Å². The lowest BCUT2D eigenvalue weighted by Gasteiger charge is -2.47. The number of pyridine rings is 1. The molecule has 8 rings (SSSR count). The number of nitrogens with zero attached hydrogens (tertiary/aromatic N) is 1. The monoisotopic (exact) mass is 395 g/mol. The maximum Gasteiger partial charge on any atom is 0.200 e. The van der Waals surface area contributed by atoms with Crippen molar-refractivity contribution >= 4 is 20.6 Å². The summed E-state index contributed by atoms with van der Waals surface area (Å²) in [6, 6.07) is 25.1. The van der Waals surface area contributed by atoms with Crippen LogP contribution in [0.4, 0.5) is 0 Å². The van der Waals surface area contributed by atoms with Crippen molar-refractivity contribution in [2.24, 2.45) is 0 Å². The molecule has 2 heterocycles. The highest BCUT2D eigenvalue weighted by molar-refractivity contribution is 7.92.